The smallest absolute Gasteiger partial charge is 0.246 e. The second-order valence-corrected chi connectivity index (χ2v) is 9.78. The van der Waals surface area contributed by atoms with Gasteiger partial charge in [0.2, 0.25) is 17.7 Å². The first-order valence-electron chi connectivity index (χ1n) is 12.8. The Morgan fingerprint density at radius 3 is 2.14 bits per heavy atom. The molecule has 2 aromatic carbocycles. The number of carbonyl (C=O) groups is 3. The topological polar surface area (TPSA) is 125 Å². The van der Waals surface area contributed by atoms with Gasteiger partial charge in [0.15, 0.2) is 0 Å². The van der Waals surface area contributed by atoms with Gasteiger partial charge in [0, 0.05) is 18.6 Å². The SMILES string of the molecule is CCC(N)C(=O)NC1C(=O)N2C(CCC1CO)CCC2C(=O)NC(c1ccccc1)c1ccccc1. The number of fused-ring (bicyclic) bond motifs is 1. The number of carbonyl (C=O) groups excluding carboxylic acids is 3. The summed E-state index contributed by atoms with van der Waals surface area (Å²) in [5.74, 6) is -1.37. The van der Waals surface area contributed by atoms with Crippen molar-refractivity contribution in [3.63, 3.8) is 0 Å². The predicted octanol–water partition coefficient (Wildman–Crippen LogP) is 1.88. The second kappa shape index (κ2) is 11.7. The molecule has 2 fully saturated rings. The molecule has 2 heterocycles. The summed E-state index contributed by atoms with van der Waals surface area (Å²) in [6.45, 7) is 1.58. The standard InChI is InChI=1S/C28H36N4O4/c1-2-22(29)26(34)31-25-20(17-33)13-14-21-15-16-23(32(21)28(25)36)27(35)30-24(18-9-5-3-6-10-18)19-11-7-4-8-12-19/h3-12,20-25,33H,2,13-17,29H2,1H3,(H,30,35)(H,31,34). The molecule has 0 aromatic heterocycles. The molecule has 0 saturated carbocycles. The minimum atomic E-state index is -0.905. The highest BCUT2D eigenvalue weighted by atomic mass is 16.3. The van der Waals surface area contributed by atoms with Crippen molar-refractivity contribution in [2.24, 2.45) is 11.7 Å². The van der Waals surface area contributed by atoms with Gasteiger partial charge in [0.05, 0.1) is 12.1 Å². The zero-order chi connectivity index (χ0) is 25.7. The summed E-state index contributed by atoms with van der Waals surface area (Å²) in [6, 6.07) is 16.8. The van der Waals surface area contributed by atoms with E-state index < -0.39 is 30.0 Å². The van der Waals surface area contributed by atoms with Crippen LogP contribution in [0.15, 0.2) is 60.7 Å². The van der Waals surface area contributed by atoms with Gasteiger partial charge >= 0.3 is 0 Å². The zero-order valence-corrected chi connectivity index (χ0v) is 20.7. The maximum Gasteiger partial charge on any atom is 0.246 e. The molecule has 5 unspecified atom stereocenters. The van der Waals surface area contributed by atoms with Crippen LogP contribution in [0.4, 0.5) is 0 Å². The fraction of sp³-hybridized carbons (Fsp3) is 0.464. The summed E-state index contributed by atoms with van der Waals surface area (Å²) in [4.78, 5) is 41.7. The van der Waals surface area contributed by atoms with E-state index in [0.717, 1.165) is 11.1 Å². The van der Waals surface area contributed by atoms with Crippen LogP contribution in [0, 0.1) is 5.92 Å². The molecule has 0 aliphatic carbocycles. The van der Waals surface area contributed by atoms with Gasteiger partial charge in [-0.3, -0.25) is 14.4 Å². The van der Waals surface area contributed by atoms with Crippen LogP contribution in [0.1, 0.15) is 56.2 Å². The summed E-state index contributed by atoms with van der Waals surface area (Å²) < 4.78 is 0. The third kappa shape index (κ3) is 5.44. The summed E-state index contributed by atoms with van der Waals surface area (Å²) in [6.07, 6.45) is 2.96. The van der Waals surface area contributed by atoms with E-state index in [9.17, 15) is 19.5 Å². The molecule has 2 aliphatic rings. The number of aliphatic hydroxyl groups excluding tert-OH is 1. The lowest BCUT2D eigenvalue weighted by Gasteiger charge is -2.33. The van der Waals surface area contributed by atoms with Crippen LogP contribution in [0.3, 0.4) is 0 Å². The molecule has 4 rings (SSSR count). The number of rotatable bonds is 8. The minimum absolute atomic E-state index is 0.101. The Hall–Kier alpha value is -3.23. The van der Waals surface area contributed by atoms with Gasteiger partial charge in [-0.25, -0.2) is 0 Å². The molecule has 3 amide bonds. The van der Waals surface area contributed by atoms with Crippen molar-refractivity contribution in [3.8, 4) is 0 Å². The summed E-state index contributed by atoms with van der Waals surface area (Å²) in [5, 5.41) is 16.0. The molecule has 192 valence electrons. The average molecular weight is 493 g/mol. The summed E-state index contributed by atoms with van der Waals surface area (Å²) >= 11 is 0. The van der Waals surface area contributed by atoms with Crippen molar-refractivity contribution in [1.29, 1.82) is 0 Å². The fourth-order valence-electron chi connectivity index (χ4n) is 5.40. The molecule has 2 aromatic rings. The van der Waals surface area contributed by atoms with E-state index in [-0.39, 0.29) is 30.5 Å². The second-order valence-electron chi connectivity index (χ2n) is 9.78. The van der Waals surface area contributed by atoms with E-state index >= 15 is 0 Å². The highest BCUT2D eigenvalue weighted by Gasteiger charge is 2.47. The van der Waals surface area contributed by atoms with Crippen LogP contribution in [-0.2, 0) is 14.4 Å². The minimum Gasteiger partial charge on any atom is -0.396 e. The Morgan fingerprint density at radius 2 is 1.58 bits per heavy atom. The molecule has 0 radical (unpaired) electrons. The monoisotopic (exact) mass is 492 g/mol. The van der Waals surface area contributed by atoms with Crippen LogP contribution in [0.5, 0.6) is 0 Å². The Bertz CT molecular complexity index is 1010. The number of nitrogens with zero attached hydrogens (tertiary/aromatic N) is 1. The van der Waals surface area contributed by atoms with Crippen LogP contribution in [0.25, 0.3) is 0 Å². The highest BCUT2D eigenvalue weighted by molar-refractivity contribution is 5.94. The molecule has 8 nitrogen and oxygen atoms in total. The van der Waals surface area contributed by atoms with Gasteiger partial charge in [0.25, 0.3) is 0 Å². The van der Waals surface area contributed by atoms with Crippen molar-refractivity contribution in [2.45, 2.75) is 69.2 Å². The fourth-order valence-corrected chi connectivity index (χ4v) is 5.40. The molecule has 36 heavy (non-hydrogen) atoms. The third-order valence-corrected chi connectivity index (χ3v) is 7.53. The Morgan fingerprint density at radius 1 is 1.00 bits per heavy atom. The third-order valence-electron chi connectivity index (χ3n) is 7.53. The number of hydrogen-bond donors (Lipinski definition) is 4. The van der Waals surface area contributed by atoms with Gasteiger partial charge in [-0.05, 0) is 43.2 Å². The van der Waals surface area contributed by atoms with Crippen LogP contribution < -0.4 is 16.4 Å². The molecule has 2 saturated heterocycles. The Kier molecular flexibility index (Phi) is 8.38. The normalized spacial score (nSPS) is 24.7. The Labute approximate surface area is 212 Å². The molecule has 0 bridgehead atoms. The van der Waals surface area contributed by atoms with Gasteiger partial charge in [0.1, 0.15) is 12.1 Å². The summed E-state index contributed by atoms with van der Waals surface area (Å²) in [7, 11) is 0. The first-order chi connectivity index (χ1) is 17.4. The number of nitrogens with one attached hydrogen (secondary N) is 2. The quantitative estimate of drug-likeness (QED) is 0.448. The molecular formula is C28H36N4O4. The number of benzene rings is 2. The van der Waals surface area contributed by atoms with Crippen LogP contribution >= 0.6 is 0 Å². The van der Waals surface area contributed by atoms with E-state index in [2.05, 4.69) is 10.6 Å². The van der Waals surface area contributed by atoms with Crippen LogP contribution in [0.2, 0.25) is 0 Å². The van der Waals surface area contributed by atoms with Crippen molar-refractivity contribution in [3.05, 3.63) is 71.8 Å². The molecule has 0 spiro atoms. The van der Waals surface area contributed by atoms with Gasteiger partial charge in [-0.15, -0.1) is 0 Å². The number of nitrogens with two attached hydrogens (primary N) is 1. The van der Waals surface area contributed by atoms with Crippen molar-refractivity contribution in [1.82, 2.24) is 15.5 Å². The lowest BCUT2D eigenvalue weighted by molar-refractivity contribution is -0.144. The van der Waals surface area contributed by atoms with E-state index in [1.807, 2.05) is 60.7 Å². The lowest BCUT2D eigenvalue weighted by Crippen LogP contribution is -2.58. The van der Waals surface area contributed by atoms with Gasteiger partial charge in [-0.2, -0.15) is 0 Å². The van der Waals surface area contributed by atoms with Gasteiger partial charge in [-0.1, -0.05) is 67.6 Å². The summed E-state index contributed by atoms with van der Waals surface area (Å²) in [5.41, 5.74) is 7.79. The van der Waals surface area contributed by atoms with E-state index in [1.165, 1.54) is 0 Å². The predicted molar refractivity (Wildman–Crippen MR) is 137 cm³/mol. The molecule has 5 N–H and O–H groups in total. The highest BCUT2D eigenvalue weighted by Crippen LogP contribution is 2.34. The maximum absolute atomic E-state index is 13.8. The van der Waals surface area contributed by atoms with Gasteiger partial charge < -0.3 is 26.4 Å². The lowest BCUT2D eigenvalue weighted by atomic mass is 9.93. The number of hydrogen-bond acceptors (Lipinski definition) is 5. The van der Waals surface area contributed by atoms with Crippen molar-refractivity contribution in [2.75, 3.05) is 6.61 Å². The number of amides is 3. The first kappa shape index (κ1) is 25.9. The zero-order valence-electron chi connectivity index (χ0n) is 20.7. The maximum atomic E-state index is 13.8. The molecule has 8 heteroatoms. The van der Waals surface area contributed by atoms with E-state index in [4.69, 9.17) is 5.73 Å². The average Bonchev–Trinajstić information content (AvgIpc) is 3.30. The molecular weight excluding hydrogens is 456 g/mol. The molecule has 2 aliphatic heterocycles. The Balaban J connectivity index is 1.58. The van der Waals surface area contributed by atoms with Crippen LogP contribution in [-0.4, -0.2) is 58.5 Å². The van der Waals surface area contributed by atoms with Crippen molar-refractivity contribution < 1.29 is 19.5 Å². The van der Waals surface area contributed by atoms with E-state index in [0.29, 0.717) is 32.1 Å². The number of aliphatic hydroxyl groups is 1. The first-order valence-corrected chi connectivity index (χ1v) is 12.8. The largest absolute Gasteiger partial charge is 0.396 e. The van der Waals surface area contributed by atoms with Crippen molar-refractivity contribution >= 4 is 17.7 Å². The van der Waals surface area contributed by atoms with E-state index in [1.54, 1.807) is 11.8 Å². The molecule has 5 atom stereocenters.